The fourth-order valence-corrected chi connectivity index (χ4v) is 20.9. The quantitative estimate of drug-likeness (QED) is 0.0359. The van der Waals surface area contributed by atoms with Crippen molar-refractivity contribution >= 4 is 101 Å². The number of unbranched alkanes of at least 4 members (excludes halogenated alkanes) is 5. The Hall–Kier alpha value is -15.4. The molecule has 2 aromatic heterocycles. The van der Waals surface area contributed by atoms with Crippen LogP contribution in [0.3, 0.4) is 0 Å². The first kappa shape index (κ1) is 98.2. The molecule has 17 aromatic carbocycles. The van der Waals surface area contributed by atoms with E-state index < -0.39 is 0 Å². The van der Waals surface area contributed by atoms with Gasteiger partial charge in [-0.05, 0) is 332 Å². The summed E-state index contributed by atoms with van der Waals surface area (Å²) >= 11 is 0. The number of fused-ring (bicyclic) bond motifs is 8. The van der Waals surface area contributed by atoms with Crippen molar-refractivity contribution in [1.29, 1.82) is 0 Å². The molecule has 0 amide bonds. The third-order valence-corrected chi connectivity index (χ3v) is 28.5. The largest absolute Gasteiger partial charge is 0.310 e. The van der Waals surface area contributed by atoms with Gasteiger partial charge in [0.15, 0.2) is 23.1 Å². The molecule has 8 nitrogen and oxygen atoms in total. The second-order valence-electron chi connectivity index (χ2n) is 38.9. The Labute approximate surface area is 840 Å². The van der Waals surface area contributed by atoms with Gasteiger partial charge in [0.2, 0.25) is 0 Å². The minimum absolute atomic E-state index is 0.0634. The number of hydrogen-bond acceptors (Lipinski definition) is 6. The normalized spacial score (nSPS) is 11.8. The van der Waals surface area contributed by atoms with Crippen molar-refractivity contribution in [1.82, 2.24) is 9.13 Å². The van der Waals surface area contributed by atoms with E-state index in [1.54, 1.807) is 0 Å². The number of hydrogen-bond donors (Lipinski definition) is 0. The van der Waals surface area contributed by atoms with E-state index in [1.807, 2.05) is 42.5 Å². The summed E-state index contributed by atoms with van der Waals surface area (Å²) in [5.41, 5.74) is 41.6. The zero-order valence-corrected chi connectivity index (χ0v) is 84.9. The van der Waals surface area contributed by atoms with E-state index in [2.05, 4.69) is 450 Å². The Morgan fingerprint density at radius 1 is 0.239 bits per heavy atom. The third-order valence-electron chi connectivity index (χ3n) is 28.5. The molecule has 0 fully saturated rings. The van der Waals surface area contributed by atoms with E-state index in [1.165, 1.54) is 150 Å². The lowest BCUT2D eigenvalue weighted by Gasteiger charge is -2.42. The summed E-state index contributed by atoms with van der Waals surface area (Å²) in [6.07, 6.45) is 11.7. The minimum Gasteiger partial charge on any atom is -0.310 e. The number of para-hydroxylation sites is 8. The lowest BCUT2D eigenvalue weighted by molar-refractivity contribution is 0.0971. The van der Waals surface area contributed by atoms with Crippen LogP contribution in [0.25, 0.3) is 111 Å². The fraction of sp³-hybridized carbons (Fsp3) is 0.209. The molecular formula is C134H130N4O4. The van der Waals surface area contributed by atoms with Crippen molar-refractivity contribution < 1.29 is 19.2 Å². The molecule has 8 heteroatoms. The summed E-state index contributed by atoms with van der Waals surface area (Å²) in [6.45, 7) is 30.3. The molecular weight excluding hydrogens is 1730 g/mol. The van der Waals surface area contributed by atoms with Gasteiger partial charge in [-0.1, -0.05) is 310 Å². The average Bonchev–Trinajstić information content (AvgIpc) is 0.898. The van der Waals surface area contributed by atoms with Crippen molar-refractivity contribution in [3.05, 3.63) is 454 Å². The highest BCUT2D eigenvalue weighted by atomic mass is 16.1. The van der Waals surface area contributed by atoms with E-state index in [0.29, 0.717) is 25.7 Å². The smallest absolute Gasteiger partial charge is 0.162 e. The lowest BCUT2D eigenvalue weighted by atomic mass is 9.73. The molecule has 19 aromatic rings. The lowest BCUT2D eigenvalue weighted by Crippen LogP contribution is -2.30. The predicted molar refractivity (Wildman–Crippen MR) is 601 cm³/mol. The molecule has 1 aliphatic heterocycles. The number of benzene rings is 17. The molecule has 3 heterocycles. The van der Waals surface area contributed by atoms with Gasteiger partial charge in [-0.3, -0.25) is 19.2 Å². The highest BCUT2D eigenvalue weighted by molar-refractivity contribution is 6.12. The molecule has 0 bridgehead atoms. The number of carbonyl (C=O) groups is 4. The highest BCUT2D eigenvalue weighted by Crippen LogP contribution is 2.53. The number of aromatic nitrogens is 2. The Balaban J connectivity index is 0.000000130. The SMILES string of the molecule is CCCCC(=O)c1ccc(-c2ccc(-c3ccc4c(c3)c3ccccc3n4-c3ccccc3)cc2C)c(C)c1.CCCCC(=O)c1ccc(-c2ccc(-n3c4ccccc4c4ccccc43)cc2C)c(C)c1.CCCCC(=O)c1ccc(-c2ccc(N3c4ccccc4C(C)(C)c4ccccc43)cc2C)c(C)c1.CCCCCC(=O)c1ccc(-c2ccc(N(c3ccccc3)c3ccccc3)cc2C)c(C)c1. The van der Waals surface area contributed by atoms with Crippen molar-refractivity contribution in [2.24, 2.45) is 0 Å². The van der Waals surface area contributed by atoms with Crippen LogP contribution >= 0.6 is 0 Å². The summed E-state index contributed by atoms with van der Waals surface area (Å²) in [5, 5.41) is 5.06. The highest BCUT2D eigenvalue weighted by Gasteiger charge is 2.37. The van der Waals surface area contributed by atoms with Gasteiger partial charge in [0, 0.05) is 109 Å². The topological polar surface area (TPSA) is 84.6 Å². The molecule has 0 atom stereocenters. The van der Waals surface area contributed by atoms with Gasteiger partial charge in [-0.2, -0.15) is 0 Å². The van der Waals surface area contributed by atoms with Crippen LogP contribution in [0.4, 0.5) is 34.1 Å². The van der Waals surface area contributed by atoms with E-state index in [9.17, 15) is 19.2 Å². The number of ketones is 4. The van der Waals surface area contributed by atoms with Crippen molar-refractivity contribution in [2.75, 3.05) is 9.80 Å². The van der Waals surface area contributed by atoms with Crippen LogP contribution in [0, 0.1) is 55.4 Å². The number of Topliss-reactive ketones (excluding diaryl/α,β-unsaturated/α-hetero) is 4. The Kier molecular flexibility index (Phi) is 30.7. The molecule has 0 aliphatic carbocycles. The van der Waals surface area contributed by atoms with E-state index >= 15 is 0 Å². The summed E-state index contributed by atoms with van der Waals surface area (Å²) in [5.74, 6) is 0.966. The van der Waals surface area contributed by atoms with Gasteiger partial charge >= 0.3 is 0 Å². The summed E-state index contributed by atoms with van der Waals surface area (Å²) in [7, 11) is 0. The fourth-order valence-electron chi connectivity index (χ4n) is 20.9. The predicted octanol–water partition coefficient (Wildman–Crippen LogP) is 37.2. The number of aryl methyl sites for hydroxylation is 8. The van der Waals surface area contributed by atoms with E-state index in [-0.39, 0.29) is 28.5 Å². The minimum atomic E-state index is -0.0634. The van der Waals surface area contributed by atoms with Gasteiger partial charge in [0.1, 0.15) is 0 Å². The molecule has 710 valence electrons. The monoisotopic (exact) mass is 1860 g/mol. The molecule has 0 spiro atoms. The molecule has 20 rings (SSSR count). The molecule has 0 saturated carbocycles. The second kappa shape index (κ2) is 44.4. The average molecular weight is 1860 g/mol. The summed E-state index contributed by atoms with van der Waals surface area (Å²) in [4.78, 5) is 54.8. The standard InChI is InChI=1S/C37H33NO.C34H35NO.C32H33NO.C31H29NO/c1-4-5-15-37(39)29-17-20-32(26(3)23-29)31-19-16-27(22-25(31)2)28-18-21-36-34(24-28)33-13-9-10-14-35(33)38(36)30-11-7-6-8-12-30;1-6-7-16-33(36)25-17-19-27(23(2)21-25)28-20-18-26(22-24(28)3)35-31-14-10-8-12-29(31)34(4,5)30-13-9-11-15-32(30)35;1-4-5-8-17-32(34)26-18-20-30(24(2)22-26)31-21-19-29(23-25(31)3)33(27-13-9-6-10-14-27)28-15-11-7-12-16-28;1-4-5-14-31(33)23-15-17-25(21(2)19-23)26-18-16-24(20-22(26)3)32-29-12-8-6-10-27(29)28-11-7-9-13-30(28)32/h6-14,16-24H,4-5,15H2,1-3H3;8-15,17-22H,6-7,16H2,1-5H3;6-7,9-16,18-23H,4-5,8,17H2,1-3H3;6-13,15-20H,4-5,14H2,1-3H3. The van der Waals surface area contributed by atoms with Crippen LogP contribution in [-0.4, -0.2) is 32.3 Å². The molecule has 0 saturated heterocycles. The number of carbonyl (C=O) groups excluding carboxylic acids is 4. The van der Waals surface area contributed by atoms with E-state index in [4.69, 9.17) is 0 Å². The van der Waals surface area contributed by atoms with Crippen molar-refractivity contribution in [3.8, 4) is 67.0 Å². The van der Waals surface area contributed by atoms with Crippen LogP contribution < -0.4 is 9.80 Å². The van der Waals surface area contributed by atoms with Crippen LogP contribution in [0.5, 0.6) is 0 Å². The Morgan fingerprint density at radius 3 is 0.944 bits per heavy atom. The Bertz CT molecular complexity index is 7700. The summed E-state index contributed by atoms with van der Waals surface area (Å²) in [6, 6.07) is 133. The van der Waals surface area contributed by atoms with Crippen LogP contribution in [0.2, 0.25) is 0 Å². The maximum absolute atomic E-state index is 12.6. The molecule has 0 N–H and O–H groups in total. The van der Waals surface area contributed by atoms with Crippen LogP contribution in [-0.2, 0) is 5.41 Å². The number of nitrogens with zero attached hydrogens (tertiary/aromatic N) is 4. The number of rotatable bonds is 28. The first-order chi connectivity index (χ1) is 69.0. The third kappa shape index (κ3) is 20.9. The molecule has 0 radical (unpaired) electrons. The Morgan fingerprint density at radius 2 is 0.542 bits per heavy atom. The molecule has 0 unspecified atom stereocenters. The van der Waals surface area contributed by atoms with Crippen molar-refractivity contribution in [3.63, 3.8) is 0 Å². The van der Waals surface area contributed by atoms with Crippen LogP contribution in [0.15, 0.2) is 376 Å². The molecule has 1 aliphatic rings. The zero-order valence-electron chi connectivity index (χ0n) is 84.9. The first-order valence-electron chi connectivity index (χ1n) is 51.0. The first-order valence-corrected chi connectivity index (χ1v) is 51.0. The maximum Gasteiger partial charge on any atom is 0.162 e. The van der Waals surface area contributed by atoms with Gasteiger partial charge in [-0.25, -0.2) is 0 Å². The van der Waals surface area contributed by atoms with E-state index in [0.717, 1.165) is 131 Å². The second-order valence-corrected chi connectivity index (χ2v) is 38.9. The van der Waals surface area contributed by atoms with Crippen LogP contribution in [0.1, 0.15) is 222 Å². The summed E-state index contributed by atoms with van der Waals surface area (Å²) < 4.78 is 4.70. The molecule has 142 heavy (non-hydrogen) atoms. The van der Waals surface area contributed by atoms with Gasteiger partial charge in [0.05, 0.1) is 33.4 Å². The zero-order chi connectivity index (χ0) is 99.2. The van der Waals surface area contributed by atoms with Crippen molar-refractivity contribution in [2.45, 2.75) is 186 Å². The van der Waals surface area contributed by atoms with Gasteiger partial charge < -0.3 is 18.9 Å². The van der Waals surface area contributed by atoms with Gasteiger partial charge in [-0.15, -0.1) is 0 Å². The number of anilines is 6. The van der Waals surface area contributed by atoms with Gasteiger partial charge in [0.25, 0.3) is 0 Å². The maximum atomic E-state index is 12.6.